The van der Waals surface area contributed by atoms with E-state index in [1.807, 2.05) is 18.2 Å². The van der Waals surface area contributed by atoms with Gasteiger partial charge in [-0.3, -0.25) is 0 Å². The molecular formula is C25H35NO3. The maximum absolute atomic E-state index is 5.89. The van der Waals surface area contributed by atoms with Crippen LogP contribution in [0, 0.1) is 0 Å². The van der Waals surface area contributed by atoms with Gasteiger partial charge in [0, 0.05) is 24.9 Å². The summed E-state index contributed by atoms with van der Waals surface area (Å²) in [4.78, 5) is 0. The monoisotopic (exact) mass is 397 g/mol. The number of benzene rings is 2. The predicted molar refractivity (Wildman–Crippen MR) is 119 cm³/mol. The summed E-state index contributed by atoms with van der Waals surface area (Å²) in [5, 5.41) is 3.47. The second-order valence-corrected chi connectivity index (χ2v) is 7.73. The van der Waals surface area contributed by atoms with Gasteiger partial charge in [0.05, 0.1) is 12.7 Å². The van der Waals surface area contributed by atoms with E-state index in [-0.39, 0.29) is 6.10 Å². The minimum absolute atomic E-state index is 0.240. The lowest BCUT2D eigenvalue weighted by atomic mass is 10.2. The highest BCUT2D eigenvalue weighted by Gasteiger charge is 2.15. The SMILES string of the molecule is CCCCCCCOc1ccc(CNc2cccc(OCC3CCCO3)c2)cc1. The van der Waals surface area contributed by atoms with E-state index in [1.165, 1.54) is 31.2 Å². The smallest absolute Gasteiger partial charge is 0.121 e. The van der Waals surface area contributed by atoms with Gasteiger partial charge in [-0.25, -0.2) is 0 Å². The molecule has 2 aromatic carbocycles. The van der Waals surface area contributed by atoms with E-state index in [9.17, 15) is 0 Å². The van der Waals surface area contributed by atoms with Gasteiger partial charge in [-0.05, 0) is 49.1 Å². The van der Waals surface area contributed by atoms with Crippen molar-refractivity contribution in [2.75, 3.05) is 25.1 Å². The highest BCUT2D eigenvalue weighted by atomic mass is 16.5. The summed E-state index contributed by atoms with van der Waals surface area (Å²) in [6.07, 6.45) is 8.78. The number of ether oxygens (including phenoxy) is 3. The first-order valence-corrected chi connectivity index (χ1v) is 11.1. The molecule has 0 radical (unpaired) electrons. The first-order chi connectivity index (χ1) is 14.3. The molecule has 0 saturated carbocycles. The van der Waals surface area contributed by atoms with Crippen LogP contribution in [0.15, 0.2) is 48.5 Å². The fourth-order valence-corrected chi connectivity index (χ4v) is 3.46. The van der Waals surface area contributed by atoms with Crippen LogP contribution in [0.25, 0.3) is 0 Å². The Bertz CT molecular complexity index is 695. The third kappa shape index (κ3) is 7.98. The Hall–Kier alpha value is -2.20. The minimum atomic E-state index is 0.240. The first-order valence-electron chi connectivity index (χ1n) is 11.1. The van der Waals surface area contributed by atoms with Crippen molar-refractivity contribution in [3.63, 3.8) is 0 Å². The minimum Gasteiger partial charge on any atom is -0.494 e. The van der Waals surface area contributed by atoms with Crippen LogP contribution >= 0.6 is 0 Å². The van der Waals surface area contributed by atoms with E-state index in [0.29, 0.717) is 6.61 Å². The zero-order valence-electron chi connectivity index (χ0n) is 17.7. The summed E-state index contributed by atoms with van der Waals surface area (Å²) in [6.45, 7) is 5.30. The van der Waals surface area contributed by atoms with E-state index in [0.717, 1.165) is 56.2 Å². The van der Waals surface area contributed by atoms with Crippen molar-refractivity contribution < 1.29 is 14.2 Å². The quantitative estimate of drug-likeness (QED) is 0.408. The van der Waals surface area contributed by atoms with Crippen LogP contribution in [0.4, 0.5) is 5.69 Å². The molecule has 4 heteroatoms. The average molecular weight is 398 g/mol. The second kappa shape index (κ2) is 12.4. The molecule has 1 atom stereocenters. The second-order valence-electron chi connectivity index (χ2n) is 7.73. The number of nitrogens with one attached hydrogen (secondary N) is 1. The maximum atomic E-state index is 5.89. The molecule has 1 N–H and O–H groups in total. The Labute approximate surface area is 175 Å². The summed E-state index contributed by atoms with van der Waals surface area (Å²) < 4.78 is 17.3. The maximum Gasteiger partial charge on any atom is 0.121 e. The largest absolute Gasteiger partial charge is 0.494 e. The zero-order chi connectivity index (χ0) is 20.2. The molecule has 1 aliphatic heterocycles. The fourth-order valence-electron chi connectivity index (χ4n) is 3.46. The van der Waals surface area contributed by atoms with E-state index < -0.39 is 0 Å². The first kappa shape index (κ1) is 21.5. The van der Waals surface area contributed by atoms with Gasteiger partial charge >= 0.3 is 0 Å². The summed E-state index contributed by atoms with van der Waals surface area (Å²) >= 11 is 0. The number of rotatable bonds is 13. The van der Waals surface area contributed by atoms with Crippen molar-refractivity contribution in [2.45, 2.75) is 64.5 Å². The summed E-state index contributed by atoms with van der Waals surface area (Å²) in [5.41, 5.74) is 2.29. The lowest BCUT2D eigenvalue weighted by molar-refractivity contribution is 0.0680. The van der Waals surface area contributed by atoms with Gasteiger partial charge in [0.25, 0.3) is 0 Å². The van der Waals surface area contributed by atoms with Crippen LogP contribution in [-0.2, 0) is 11.3 Å². The van der Waals surface area contributed by atoms with Gasteiger partial charge < -0.3 is 19.5 Å². The fraction of sp³-hybridized carbons (Fsp3) is 0.520. The summed E-state index contributed by atoms with van der Waals surface area (Å²) in [6, 6.07) is 16.5. The number of hydrogen-bond acceptors (Lipinski definition) is 4. The molecular weight excluding hydrogens is 362 g/mol. The average Bonchev–Trinajstić information content (AvgIpc) is 3.28. The van der Waals surface area contributed by atoms with E-state index in [4.69, 9.17) is 14.2 Å². The third-order valence-corrected chi connectivity index (χ3v) is 5.23. The van der Waals surface area contributed by atoms with Gasteiger partial charge in [0.1, 0.15) is 18.1 Å². The molecule has 1 aliphatic rings. The summed E-state index contributed by atoms with van der Waals surface area (Å²) in [5.74, 6) is 1.84. The van der Waals surface area contributed by atoms with E-state index in [2.05, 4.69) is 42.6 Å². The lowest BCUT2D eigenvalue weighted by Gasteiger charge is -2.13. The molecule has 0 amide bonds. The molecule has 3 rings (SSSR count). The molecule has 1 fully saturated rings. The molecule has 0 aliphatic carbocycles. The molecule has 1 unspecified atom stereocenters. The number of anilines is 1. The Morgan fingerprint density at radius 2 is 1.83 bits per heavy atom. The summed E-state index contributed by atoms with van der Waals surface area (Å²) in [7, 11) is 0. The standard InChI is InChI=1S/C25H35NO3/c1-2-3-4-5-6-16-27-23-14-12-21(13-15-23)19-26-22-9-7-10-24(18-22)29-20-25-11-8-17-28-25/h7,9-10,12-15,18,25-26H,2-6,8,11,16-17,19-20H2,1H3. The van der Waals surface area contributed by atoms with Crippen LogP contribution in [0.3, 0.4) is 0 Å². The highest BCUT2D eigenvalue weighted by molar-refractivity contribution is 5.48. The molecule has 0 aromatic heterocycles. The lowest BCUT2D eigenvalue weighted by Crippen LogP contribution is -2.16. The van der Waals surface area contributed by atoms with Crippen molar-refractivity contribution in [1.29, 1.82) is 0 Å². The van der Waals surface area contributed by atoms with Crippen molar-refractivity contribution in [1.82, 2.24) is 0 Å². The van der Waals surface area contributed by atoms with Gasteiger partial charge in [-0.15, -0.1) is 0 Å². The molecule has 1 saturated heterocycles. The van der Waals surface area contributed by atoms with Gasteiger partial charge in [0.15, 0.2) is 0 Å². The van der Waals surface area contributed by atoms with Crippen molar-refractivity contribution in [3.8, 4) is 11.5 Å². The zero-order valence-corrected chi connectivity index (χ0v) is 17.7. The highest BCUT2D eigenvalue weighted by Crippen LogP contribution is 2.21. The third-order valence-electron chi connectivity index (χ3n) is 5.23. The predicted octanol–water partition coefficient (Wildman–Crippen LogP) is 6.21. The van der Waals surface area contributed by atoms with E-state index in [1.54, 1.807) is 0 Å². The van der Waals surface area contributed by atoms with Crippen molar-refractivity contribution >= 4 is 5.69 Å². The Morgan fingerprint density at radius 3 is 2.62 bits per heavy atom. The van der Waals surface area contributed by atoms with Gasteiger partial charge in [-0.2, -0.15) is 0 Å². The molecule has 0 spiro atoms. The Morgan fingerprint density at radius 1 is 0.966 bits per heavy atom. The number of hydrogen-bond donors (Lipinski definition) is 1. The molecule has 1 heterocycles. The molecule has 0 bridgehead atoms. The van der Waals surface area contributed by atoms with Crippen LogP contribution in [-0.4, -0.2) is 25.9 Å². The number of unbranched alkanes of at least 4 members (excludes halogenated alkanes) is 4. The van der Waals surface area contributed by atoms with Crippen molar-refractivity contribution in [2.24, 2.45) is 0 Å². The van der Waals surface area contributed by atoms with Crippen LogP contribution in [0.2, 0.25) is 0 Å². The van der Waals surface area contributed by atoms with Crippen LogP contribution < -0.4 is 14.8 Å². The van der Waals surface area contributed by atoms with E-state index >= 15 is 0 Å². The van der Waals surface area contributed by atoms with Gasteiger partial charge in [0.2, 0.25) is 0 Å². The van der Waals surface area contributed by atoms with Gasteiger partial charge in [-0.1, -0.05) is 50.8 Å². The molecule has 29 heavy (non-hydrogen) atoms. The van der Waals surface area contributed by atoms with Crippen LogP contribution in [0.1, 0.15) is 57.4 Å². The molecule has 4 nitrogen and oxygen atoms in total. The molecule has 158 valence electrons. The van der Waals surface area contributed by atoms with Crippen LogP contribution in [0.5, 0.6) is 11.5 Å². The Balaban J connectivity index is 1.37. The molecule has 2 aromatic rings. The Kier molecular flexibility index (Phi) is 9.18. The normalized spacial score (nSPS) is 16.0. The topological polar surface area (TPSA) is 39.7 Å². The van der Waals surface area contributed by atoms with Crippen molar-refractivity contribution in [3.05, 3.63) is 54.1 Å².